The SMILES string of the molecule is CC1(C)CC1C(=O)Nc1ccc(S(N)(=O)=O)cc1Br. The maximum Gasteiger partial charge on any atom is 0.238 e. The second-order valence-electron chi connectivity index (χ2n) is 5.42. The summed E-state index contributed by atoms with van der Waals surface area (Å²) in [5.74, 6) is -0.0358. The molecule has 0 aromatic heterocycles. The van der Waals surface area contributed by atoms with E-state index >= 15 is 0 Å². The first kappa shape index (κ1) is 14.5. The van der Waals surface area contributed by atoms with Crippen molar-refractivity contribution < 1.29 is 13.2 Å². The van der Waals surface area contributed by atoms with Crippen LogP contribution in [0.15, 0.2) is 27.6 Å². The van der Waals surface area contributed by atoms with Crippen molar-refractivity contribution >= 4 is 37.5 Å². The summed E-state index contributed by atoms with van der Waals surface area (Å²) in [7, 11) is -3.74. The van der Waals surface area contributed by atoms with Gasteiger partial charge in [-0.1, -0.05) is 13.8 Å². The Labute approximate surface area is 120 Å². The van der Waals surface area contributed by atoms with Crippen LogP contribution in [0.25, 0.3) is 0 Å². The Balaban J connectivity index is 2.17. The van der Waals surface area contributed by atoms with E-state index in [0.717, 1.165) is 6.42 Å². The van der Waals surface area contributed by atoms with Crippen LogP contribution in [0.1, 0.15) is 20.3 Å². The molecule has 3 N–H and O–H groups in total. The van der Waals surface area contributed by atoms with Gasteiger partial charge in [0.25, 0.3) is 0 Å². The number of carbonyl (C=O) groups is 1. The lowest BCUT2D eigenvalue weighted by atomic mass is 10.1. The van der Waals surface area contributed by atoms with Crippen molar-refractivity contribution in [1.29, 1.82) is 0 Å². The smallest absolute Gasteiger partial charge is 0.238 e. The van der Waals surface area contributed by atoms with Gasteiger partial charge in [-0.3, -0.25) is 4.79 Å². The van der Waals surface area contributed by atoms with Crippen LogP contribution in [0.4, 0.5) is 5.69 Å². The molecule has 7 heteroatoms. The fourth-order valence-electron chi connectivity index (χ4n) is 1.91. The van der Waals surface area contributed by atoms with Crippen LogP contribution in [0.3, 0.4) is 0 Å². The molecule has 1 aromatic rings. The molecule has 0 heterocycles. The molecule has 0 aliphatic heterocycles. The van der Waals surface area contributed by atoms with Crippen molar-refractivity contribution in [2.24, 2.45) is 16.5 Å². The second kappa shape index (κ2) is 4.57. The molecular formula is C12H15BrN2O3S. The Hall–Kier alpha value is -0.920. The largest absolute Gasteiger partial charge is 0.325 e. The molecule has 2 rings (SSSR count). The molecule has 5 nitrogen and oxygen atoms in total. The molecule has 1 amide bonds. The van der Waals surface area contributed by atoms with E-state index in [-0.39, 0.29) is 22.1 Å². The Morgan fingerprint density at radius 1 is 1.47 bits per heavy atom. The lowest BCUT2D eigenvalue weighted by Gasteiger charge is -2.09. The third-order valence-electron chi connectivity index (χ3n) is 3.36. The van der Waals surface area contributed by atoms with Crippen molar-refractivity contribution in [3.05, 3.63) is 22.7 Å². The van der Waals surface area contributed by atoms with E-state index < -0.39 is 10.0 Å². The van der Waals surface area contributed by atoms with E-state index in [9.17, 15) is 13.2 Å². The minimum atomic E-state index is -3.74. The van der Waals surface area contributed by atoms with E-state index in [1.807, 2.05) is 13.8 Å². The van der Waals surface area contributed by atoms with Gasteiger partial charge in [-0.2, -0.15) is 0 Å². The summed E-state index contributed by atoms with van der Waals surface area (Å²) in [5, 5.41) is 7.82. The third-order valence-corrected chi connectivity index (χ3v) is 4.92. The van der Waals surface area contributed by atoms with Crippen molar-refractivity contribution in [1.82, 2.24) is 0 Å². The van der Waals surface area contributed by atoms with E-state index in [1.165, 1.54) is 18.2 Å². The quantitative estimate of drug-likeness (QED) is 0.877. The summed E-state index contributed by atoms with van der Waals surface area (Å²) in [4.78, 5) is 12.0. The number of sulfonamides is 1. The first-order valence-corrected chi connectivity index (χ1v) is 8.08. The summed E-state index contributed by atoms with van der Waals surface area (Å²) >= 11 is 3.23. The number of nitrogens with one attached hydrogen (secondary N) is 1. The molecule has 19 heavy (non-hydrogen) atoms. The van der Waals surface area contributed by atoms with Crippen LogP contribution in [0.2, 0.25) is 0 Å². The number of rotatable bonds is 3. The van der Waals surface area contributed by atoms with E-state index in [4.69, 9.17) is 5.14 Å². The summed E-state index contributed by atoms with van der Waals surface area (Å²) in [5.41, 5.74) is 0.594. The number of primary sulfonamides is 1. The molecule has 0 radical (unpaired) electrons. The van der Waals surface area contributed by atoms with Gasteiger partial charge in [0.1, 0.15) is 0 Å². The van der Waals surface area contributed by atoms with Crippen LogP contribution in [-0.4, -0.2) is 14.3 Å². The second-order valence-corrected chi connectivity index (χ2v) is 7.84. The molecule has 1 aliphatic carbocycles. The molecule has 1 aliphatic rings. The third kappa shape index (κ3) is 3.16. The summed E-state index contributed by atoms with van der Waals surface area (Å²) in [6.07, 6.45) is 0.867. The maximum absolute atomic E-state index is 11.9. The normalized spacial score (nSPS) is 20.9. The van der Waals surface area contributed by atoms with Gasteiger partial charge in [-0.25, -0.2) is 13.6 Å². The number of nitrogens with two attached hydrogens (primary N) is 1. The Morgan fingerprint density at radius 3 is 2.47 bits per heavy atom. The van der Waals surface area contributed by atoms with Crippen LogP contribution in [-0.2, 0) is 14.8 Å². The Bertz CT molecular complexity index is 640. The summed E-state index contributed by atoms with van der Waals surface area (Å²) < 4.78 is 22.9. The van der Waals surface area contributed by atoms with Gasteiger partial charge in [-0.15, -0.1) is 0 Å². The van der Waals surface area contributed by atoms with Crippen molar-refractivity contribution in [3.8, 4) is 0 Å². The average molecular weight is 347 g/mol. The molecular weight excluding hydrogens is 332 g/mol. The van der Waals surface area contributed by atoms with Gasteiger partial charge in [0.15, 0.2) is 0 Å². The van der Waals surface area contributed by atoms with E-state index in [0.29, 0.717) is 10.2 Å². The standard InChI is InChI=1S/C12H15BrN2O3S/c1-12(2)6-8(12)11(16)15-10-4-3-7(5-9(10)13)19(14,17)18/h3-5,8H,6H2,1-2H3,(H,15,16)(H2,14,17,18). The zero-order valence-electron chi connectivity index (χ0n) is 10.6. The van der Waals surface area contributed by atoms with Gasteiger partial charge < -0.3 is 5.32 Å². The molecule has 104 valence electrons. The predicted molar refractivity (Wildman–Crippen MR) is 76.0 cm³/mol. The van der Waals surface area contributed by atoms with Gasteiger partial charge in [0, 0.05) is 10.4 Å². The first-order valence-electron chi connectivity index (χ1n) is 5.74. The number of halogens is 1. The molecule has 1 saturated carbocycles. The fourth-order valence-corrected chi connectivity index (χ4v) is 3.08. The van der Waals surface area contributed by atoms with Gasteiger partial charge in [-0.05, 0) is 46.0 Å². The molecule has 1 aromatic carbocycles. The number of hydrogen-bond acceptors (Lipinski definition) is 3. The highest BCUT2D eigenvalue weighted by Gasteiger charge is 2.50. The summed E-state index contributed by atoms with van der Waals surface area (Å²) in [6.45, 7) is 4.08. The predicted octanol–water partition coefficient (Wildman–Crippen LogP) is 2.08. The van der Waals surface area contributed by atoms with Gasteiger partial charge >= 0.3 is 0 Å². The van der Waals surface area contributed by atoms with Crippen molar-refractivity contribution in [2.75, 3.05) is 5.32 Å². The monoisotopic (exact) mass is 346 g/mol. The van der Waals surface area contributed by atoms with Crippen molar-refractivity contribution in [2.45, 2.75) is 25.2 Å². The van der Waals surface area contributed by atoms with Gasteiger partial charge in [0.2, 0.25) is 15.9 Å². The topological polar surface area (TPSA) is 89.3 Å². The summed E-state index contributed by atoms with van der Waals surface area (Å²) in [6, 6.07) is 4.27. The zero-order valence-corrected chi connectivity index (χ0v) is 13.0. The van der Waals surface area contributed by atoms with Gasteiger partial charge in [0.05, 0.1) is 10.6 Å². The number of hydrogen-bond donors (Lipinski definition) is 2. The highest BCUT2D eigenvalue weighted by Crippen LogP contribution is 2.52. The van der Waals surface area contributed by atoms with Crippen LogP contribution >= 0.6 is 15.9 Å². The number of carbonyl (C=O) groups excluding carboxylic acids is 1. The van der Waals surface area contributed by atoms with E-state index in [2.05, 4.69) is 21.2 Å². The number of anilines is 1. The van der Waals surface area contributed by atoms with Crippen molar-refractivity contribution in [3.63, 3.8) is 0 Å². The van der Waals surface area contributed by atoms with Crippen LogP contribution in [0.5, 0.6) is 0 Å². The maximum atomic E-state index is 11.9. The highest BCUT2D eigenvalue weighted by molar-refractivity contribution is 9.10. The minimum Gasteiger partial charge on any atom is -0.325 e. The number of amides is 1. The first-order chi connectivity index (χ1) is 8.61. The molecule has 1 fully saturated rings. The van der Waals surface area contributed by atoms with Crippen LogP contribution in [0, 0.1) is 11.3 Å². The molecule has 1 unspecified atom stereocenters. The van der Waals surface area contributed by atoms with E-state index in [1.54, 1.807) is 0 Å². The number of benzene rings is 1. The molecule has 1 atom stereocenters. The Kier molecular flexibility index (Phi) is 3.49. The molecule has 0 spiro atoms. The molecule has 0 saturated heterocycles. The Morgan fingerprint density at radius 2 is 2.05 bits per heavy atom. The highest BCUT2D eigenvalue weighted by atomic mass is 79.9. The lowest BCUT2D eigenvalue weighted by molar-refractivity contribution is -0.118. The van der Waals surface area contributed by atoms with Crippen LogP contribution < -0.4 is 10.5 Å². The average Bonchev–Trinajstić information content (AvgIpc) is 2.89. The zero-order chi connectivity index (χ0) is 14.4. The minimum absolute atomic E-state index is 0.00382. The lowest BCUT2D eigenvalue weighted by Crippen LogP contribution is -2.17. The molecule has 0 bridgehead atoms. The fraction of sp³-hybridized carbons (Fsp3) is 0.417.